The summed E-state index contributed by atoms with van der Waals surface area (Å²) in [7, 11) is 0. The van der Waals surface area contributed by atoms with E-state index in [-0.39, 0.29) is 17.9 Å². The lowest BCUT2D eigenvalue weighted by Gasteiger charge is -2.23. The summed E-state index contributed by atoms with van der Waals surface area (Å²) in [5.74, 6) is 0.761. The van der Waals surface area contributed by atoms with Gasteiger partial charge < -0.3 is 16.2 Å². The Morgan fingerprint density at radius 3 is 2.82 bits per heavy atom. The van der Waals surface area contributed by atoms with Crippen LogP contribution in [0.1, 0.15) is 12.5 Å². The zero-order valence-electron chi connectivity index (χ0n) is 10.2. The molecule has 4 N–H and O–H groups in total. The fourth-order valence-corrected chi connectivity index (χ4v) is 2.51. The van der Waals surface area contributed by atoms with Gasteiger partial charge in [0.15, 0.2) is 0 Å². The van der Waals surface area contributed by atoms with Crippen molar-refractivity contribution in [2.45, 2.75) is 25.1 Å². The molecule has 0 spiro atoms. The van der Waals surface area contributed by atoms with Gasteiger partial charge in [-0.3, -0.25) is 0 Å². The number of nitrogen functional groups attached to an aromatic ring is 1. The number of nitrogens with zero attached hydrogens (tertiary/aromatic N) is 1. The number of nitrogens with one attached hydrogen (secondary N) is 1. The first-order chi connectivity index (χ1) is 8.01. The second-order valence-corrected chi connectivity index (χ2v) is 5.76. The van der Waals surface area contributed by atoms with E-state index in [1.54, 1.807) is 18.0 Å². The standard InChI is InChI=1S/C11H18BrN3OS/c1-6-8(13)4-14-11(10(6)12)15-7(2)9(5-16)17-3/h4,7,9,16H,5,13H2,1-3H3,(H,14,15). The third kappa shape index (κ3) is 3.50. The highest BCUT2D eigenvalue weighted by molar-refractivity contribution is 9.10. The fraction of sp³-hybridized carbons (Fsp3) is 0.545. The number of hydrogen-bond donors (Lipinski definition) is 3. The molecule has 96 valence electrons. The smallest absolute Gasteiger partial charge is 0.140 e. The van der Waals surface area contributed by atoms with Gasteiger partial charge in [0.05, 0.1) is 23.0 Å². The Balaban J connectivity index is 2.85. The van der Waals surface area contributed by atoms with E-state index in [2.05, 4.69) is 26.2 Å². The van der Waals surface area contributed by atoms with Crippen molar-refractivity contribution in [1.82, 2.24) is 4.98 Å². The predicted octanol–water partition coefficient (Wildman–Crippen LogP) is 2.26. The highest BCUT2D eigenvalue weighted by Gasteiger charge is 2.17. The van der Waals surface area contributed by atoms with Gasteiger partial charge in [-0.15, -0.1) is 0 Å². The van der Waals surface area contributed by atoms with Crippen molar-refractivity contribution < 1.29 is 5.11 Å². The van der Waals surface area contributed by atoms with E-state index in [9.17, 15) is 5.11 Å². The molecular formula is C11H18BrN3OS. The van der Waals surface area contributed by atoms with Crippen LogP contribution in [0.15, 0.2) is 10.7 Å². The molecule has 1 heterocycles. The second-order valence-electron chi connectivity index (χ2n) is 3.89. The van der Waals surface area contributed by atoms with Crippen molar-refractivity contribution in [2.75, 3.05) is 23.9 Å². The zero-order chi connectivity index (χ0) is 13.0. The van der Waals surface area contributed by atoms with Crippen molar-refractivity contribution in [3.05, 3.63) is 16.2 Å². The van der Waals surface area contributed by atoms with Crippen LogP contribution in [0.25, 0.3) is 0 Å². The maximum absolute atomic E-state index is 9.23. The van der Waals surface area contributed by atoms with Crippen LogP contribution < -0.4 is 11.1 Å². The minimum Gasteiger partial charge on any atom is -0.397 e. The maximum atomic E-state index is 9.23. The summed E-state index contributed by atoms with van der Waals surface area (Å²) in [5, 5.41) is 12.7. The summed E-state index contributed by atoms with van der Waals surface area (Å²) >= 11 is 5.11. The van der Waals surface area contributed by atoms with Gasteiger partial charge in [-0.1, -0.05) is 0 Å². The Morgan fingerprint density at radius 1 is 1.65 bits per heavy atom. The van der Waals surface area contributed by atoms with Crippen LogP contribution in [0.3, 0.4) is 0 Å². The minimum atomic E-state index is 0.127. The number of hydrogen-bond acceptors (Lipinski definition) is 5. The molecule has 0 saturated heterocycles. The van der Waals surface area contributed by atoms with Gasteiger partial charge in [-0.05, 0) is 41.6 Å². The summed E-state index contributed by atoms with van der Waals surface area (Å²) in [5.41, 5.74) is 7.41. The highest BCUT2D eigenvalue weighted by atomic mass is 79.9. The molecule has 6 heteroatoms. The molecule has 1 aromatic rings. The molecule has 0 aliphatic carbocycles. The van der Waals surface area contributed by atoms with E-state index in [1.165, 1.54) is 0 Å². The summed E-state index contributed by atoms with van der Waals surface area (Å²) in [4.78, 5) is 4.26. The molecule has 4 nitrogen and oxygen atoms in total. The van der Waals surface area contributed by atoms with Crippen LogP contribution >= 0.6 is 27.7 Å². The van der Waals surface area contributed by atoms with Gasteiger partial charge in [0, 0.05) is 11.3 Å². The molecule has 0 aliphatic heterocycles. The molecule has 0 radical (unpaired) electrons. The molecule has 2 atom stereocenters. The summed E-state index contributed by atoms with van der Waals surface area (Å²) in [6.45, 7) is 4.10. The minimum absolute atomic E-state index is 0.127. The fourth-order valence-electron chi connectivity index (χ4n) is 1.44. The van der Waals surface area contributed by atoms with Gasteiger partial charge in [-0.25, -0.2) is 4.98 Å². The first-order valence-corrected chi connectivity index (χ1v) is 7.40. The lowest BCUT2D eigenvalue weighted by atomic mass is 10.2. The van der Waals surface area contributed by atoms with Crippen molar-refractivity contribution in [3.63, 3.8) is 0 Å². The number of nitrogens with two attached hydrogens (primary N) is 1. The highest BCUT2D eigenvalue weighted by Crippen LogP contribution is 2.28. The summed E-state index contributed by atoms with van der Waals surface area (Å²) in [6.07, 6.45) is 3.62. The lowest BCUT2D eigenvalue weighted by molar-refractivity contribution is 0.288. The normalized spacial score (nSPS) is 14.4. The predicted molar refractivity (Wildman–Crippen MR) is 78.6 cm³/mol. The lowest BCUT2D eigenvalue weighted by Crippen LogP contribution is -2.31. The third-order valence-electron chi connectivity index (χ3n) is 2.71. The SMILES string of the molecule is CSC(CO)C(C)Nc1ncc(N)c(C)c1Br. The number of aliphatic hydroxyl groups excluding tert-OH is 1. The molecule has 0 aliphatic rings. The van der Waals surface area contributed by atoms with Gasteiger partial charge in [0.25, 0.3) is 0 Å². The summed E-state index contributed by atoms with van der Waals surface area (Å²) < 4.78 is 0.877. The number of aromatic nitrogens is 1. The molecule has 2 unspecified atom stereocenters. The van der Waals surface area contributed by atoms with Crippen LogP contribution in [0.5, 0.6) is 0 Å². The van der Waals surface area contributed by atoms with E-state index >= 15 is 0 Å². The molecule has 1 rings (SSSR count). The van der Waals surface area contributed by atoms with Crippen LogP contribution in [0, 0.1) is 6.92 Å². The Bertz CT molecular complexity index is 385. The molecule has 0 aromatic carbocycles. The second kappa shape index (κ2) is 6.47. The van der Waals surface area contributed by atoms with E-state index in [0.717, 1.165) is 15.9 Å². The molecular weight excluding hydrogens is 302 g/mol. The van der Waals surface area contributed by atoms with E-state index in [0.29, 0.717) is 5.69 Å². The van der Waals surface area contributed by atoms with Crippen LogP contribution in [-0.2, 0) is 0 Å². The van der Waals surface area contributed by atoms with Crippen molar-refractivity contribution in [1.29, 1.82) is 0 Å². The number of anilines is 2. The van der Waals surface area contributed by atoms with Crippen LogP contribution in [-0.4, -0.2) is 34.2 Å². The van der Waals surface area contributed by atoms with Crippen molar-refractivity contribution in [2.24, 2.45) is 0 Å². The number of halogens is 1. The van der Waals surface area contributed by atoms with Gasteiger partial charge in [0.1, 0.15) is 5.82 Å². The Labute approximate surface area is 115 Å². The van der Waals surface area contributed by atoms with Crippen molar-refractivity contribution in [3.8, 4) is 0 Å². The average molecular weight is 320 g/mol. The average Bonchev–Trinajstić information content (AvgIpc) is 2.31. The first kappa shape index (κ1) is 14.6. The van der Waals surface area contributed by atoms with Crippen LogP contribution in [0.4, 0.5) is 11.5 Å². The van der Waals surface area contributed by atoms with Crippen molar-refractivity contribution >= 4 is 39.2 Å². The van der Waals surface area contributed by atoms with E-state index in [1.807, 2.05) is 20.1 Å². The van der Waals surface area contributed by atoms with Crippen LogP contribution in [0.2, 0.25) is 0 Å². The number of aliphatic hydroxyl groups is 1. The Hall–Kier alpha value is -0.460. The third-order valence-corrected chi connectivity index (χ3v) is 4.84. The summed E-state index contributed by atoms with van der Waals surface area (Å²) in [6, 6.07) is 0.127. The number of thioether (sulfide) groups is 1. The molecule has 0 saturated carbocycles. The number of rotatable bonds is 5. The molecule has 0 bridgehead atoms. The van der Waals surface area contributed by atoms with Gasteiger partial charge >= 0.3 is 0 Å². The van der Waals surface area contributed by atoms with Gasteiger partial charge in [0.2, 0.25) is 0 Å². The van der Waals surface area contributed by atoms with Gasteiger partial charge in [-0.2, -0.15) is 11.8 Å². The molecule has 17 heavy (non-hydrogen) atoms. The number of pyridine rings is 1. The van der Waals surface area contributed by atoms with E-state index < -0.39 is 0 Å². The zero-order valence-corrected chi connectivity index (χ0v) is 12.6. The monoisotopic (exact) mass is 319 g/mol. The Kier molecular flexibility index (Phi) is 5.55. The molecule has 0 fully saturated rings. The topological polar surface area (TPSA) is 71.2 Å². The first-order valence-electron chi connectivity index (χ1n) is 5.32. The quantitative estimate of drug-likeness (QED) is 0.776. The maximum Gasteiger partial charge on any atom is 0.140 e. The molecule has 0 amide bonds. The Morgan fingerprint density at radius 2 is 2.29 bits per heavy atom. The van der Waals surface area contributed by atoms with E-state index in [4.69, 9.17) is 5.73 Å². The molecule has 1 aromatic heterocycles. The largest absolute Gasteiger partial charge is 0.397 e.